The van der Waals surface area contributed by atoms with Gasteiger partial charge in [0.05, 0.1) is 24.1 Å². The van der Waals surface area contributed by atoms with Gasteiger partial charge >= 0.3 is 0 Å². The van der Waals surface area contributed by atoms with Crippen LogP contribution in [0.3, 0.4) is 0 Å². The van der Waals surface area contributed by atoms with Crippen LogP contribution in [0.1, 0.15) is 17.5 Å². The smallest absolute Gasteiger partial charge is 0.252 e. The van der Waals surface area contributed by atoms with Gasteiger partial charge in [0.1, 0.15) is 17.6 Å². The maximum atomic E-state index is 13.6. The SMILES string of the molecule is COc1ccc(N2C(=O)CC(N(Cc3ccc(C)cc3)S(=O)(=O)c3ccc(F)cc3)C2=O)cc1. The third kappa shape index (κ3) is 4.57. The highest BCUT2D eigenvalue weighted by Gasteiger charge is 2.47. The first-order chi connectivity index (χ1) is 16.2. The third-order valence-electron chi connectivity index (χ3n) is 5.68. The van der Waals surface area contributed by atoms with E-state index in [1.807, 2.05) is 19.1 Å². The lowest BCUT2D eigenvalue weighted by Gasteiger charge is -2.27. The molecule has 4 rings (SSSR count). The second-order valence-corrected chi connectivity index (χ2v) is 9.87. The number of methoxy groups -OCH3 is 1. The van der Waals surface area contributed by atoms with E-state index in [0.717, 1.165) is 39.0 Å². The Hall–Kier alpha value is -3.56. The van der Waals surface area contributed by atoms with Gasteiger partial charge < -0.3 is 4.74 Å². The van der Waals surface area contributed by atoms with Crippen LogP contribution >= 0.6 is 0 Å². The number of hydrogen-bond acceptors (Lipinski definition) is 5. The summed E-state index contributed by atoms with van der Waals surface area (Å²) in [6, 6.07) is 16.7. The van der Waals surface area contributed by atoms with E-state index >= 15 is 0 Å². The van der Waals surface area contributed by atoms with E-state index in [4.69, 9.17) is 4.74 Å². The number of nitrogens with zero attached hydrogens (tertiary/aromatic N) is 2. The van der Waals surface area contributed by atoms with Crippen LogP contribution in [-0.4, -0.2) is 37.7 Å². The van der Waals surface area contributed by atoms with E-state index in [1.165, 1.54) is 7.11 Å². The molecule has 1 aliphatic rings. The Morgan fingerprint density at radius 1 is 0.971 bits per heavy atom. The molecule has 0 aromatic heterocycles. The van der Waals surface area contributed by atoms with Gasteiger partial charge in [-0.05, 0) is 61.0 Å². The second-order valence-electron chi connectivity index (χ2n) is 7.98. The van der Waals surface area contributed by atoms with E-state index in [1.54, 1.807) is 36.4 Å². The predicted octanol–water partition coefficient (Wildman–Crippen LogP) is 3.67. The highest BCUT2D eigenvalue weighted by atomic mass is 32.2. The number of anilines is 1. The number of halogens is 1. The van der Waals surface area contributed by atoms with Gasteiger partial charge in [0, 0.05) is 6.54 Å². The Kier molecular flexibility index (Phi) is 6.49. The van der Waals surface area contributed by atoms with Crippen molar-refractivity contribution in [3.63, 3.8) is 0 Å². The molecule has 1 atom stereocenters. The molecule has 3 aromatic rings. The first kappa shape index (κ1) is 23.6. The average molecular weight is 483 g/mol. The van der Waals surface area contributed by atoms with Crippen LogP contribution in [0.25, 0.3) is 0 Å². The normalized spacial score (nSPS) is 16.4. The van der Waals surface area contributed by atoms with Crippen molar-refractivity contribution in [3.8, 4) is 5.75 Å². The average Bonchev–Trinajstić information content (AvgIpc) is 3.12. The summed E-state index contributed by atoms with van der Waals surface area (Å²) in [6.07, 6.45) is -0.308. The molecule has 1 saturated heterocycles. The minimum atomic E-state index is -4.24. The molecule has 0 radical (unpaired) electrons. The zero-order valence-electron chi connectivity index (χ0n) is 18.6. The van der Waals surface area contributed by atoms with Crippen molar-refractivity contribution in [1.29, 1.82) is 0 Å². The molecule has 1 fully saturated rings. The van der Waals surface area contributed by atoms with Crippen LogP contribution < -0.4 is 9.64 Å². The highest BCUT2D eigenvalue weighted by Crippen LogP contribution is 2.31. The van der Waals surface area contributed by atoms with Crippen molar-refractivity contribution in [1.82, 2.24) is 4.31 Å². The summed E-state index contributed by atoms with van der Waals surface area (Å²) in [4.78, 5) is 27.1. The molecule has 0 N–H and O–H groups in total. The summed E-state index contributed by atoms with van der Waals surface area (Å²) in [6.45, 7) is 1.78. The van der Waals surface area contributed by atoms with Crippen molar-refractivity contribution < 1.29 is 27.1 Å². The lowest BCUT2D eigenvalue weighted by molar-refractivity contribution is -0.122. The number of aryl methyl sites for hydroxylation is 1. The van der Waals surface area contributed by atoms with E-state index in [0.29, 0.717) is 17.0 Å². The fraction of sp³-hybridized carbons (Fsp3) is 0.200. The number of rotatable bonds is 7. The topological polar surface area (TPSA) is 84.0 Å². The van der Waals surface area contributed by atoms with Crippen molar-refractivity contribution in [3.05, 3.63) is 89.7 Å². The molecule has 0 saturated carbocycles. The number of benzene rings is 3. The molecule has 7 nitrogen and oxygen atoms in total. The van der Waals surface area contributed by atoms with Gasteiger partial charge in [0.15, 0.2) is 0 Å². The summed E-state index contributed by atoms with van der Waals surface area (Å²) in [5, 5.41) is 0. The summed E-state index contributed by atoms with van der Waals surface area (Å²) in [5.74, 6) is -1.18. The van der Waals surface area contributed by atoms with Gasteiger partial charge in [-0.2, -0.15) is 4.31 Å². The molecule has 34 heavy (non-hydrogen) atoms. The van der Waals surface area contributed by atoms with Gasteiger partial charge in [-0.15, -0.1) is 0 Å². The molecule has 9 heteroatoms. The number of carbonyl (C=O) groups excluding carboxylic acids is 2. The first-order valence-electron chi connectivity index (χ1n) is 10.5. The standard InChI is InChI=1S/C25H23FN2O5S/c1-17-3-5-18(6-4-17)16-27(34(31,32)22-13-7-19(26)8-14-22)23-15-24(29)28(25(23)30)20-9-11-21(33-2)12-10-20/h3-14,23H,15-16H2,1-2H3. The fourth-order valence-corrected chi connectivity index (χ4v) is 5.39. The van der Waals surface area contributed by atoms with Crippen molar-refractivity contribution >= 4 is 27.5 Å². The number of hydrogen-bond donors (Lipinski definition) is 0. The summed E-state index contributed by atoms with van der Waals surface area (Å²) in [7, 11) is -2.73. The maximum absolute atomic E-state index is 13.6. The number of imide groups is 1. The largest absolute Gasteiger partial charge is 0.497 e. The van der Waals surface area contributed by atoms with Crippen LogP contribution in [0.5, 0.6) is 5.75 Å². The molecule has 2 amide bonds. The minimum Gasteiger partial charge on any atom is -0.497 e. The van der Waals surface area contributed by atoms with Crippen molar-refractivity contribution in [2.45, 2.75) is 30.8 Å². The fourth-order valence-electron chi connectivity index (χ4n) is 3.82. The molecule has 0 bridgehead atoms. The Morgan fingerprint density at radius 3 is 2.18 bits per heavy atom. The van der Waals surface area contributed by atoms with E-state index in [-0.39, 0.29) is 17.9 Å². The number of sulfonamides is 1. The first-order valence-corrected chi connectivity index (χ1v) is 12.0. The Balaban J connectivity index is 1.73. The van der Waals surface area contributed by atoms with Crippen LogP contribution in [0, 0.1) is 12.7 Å². The zero-order valence-corrected chi connectivity index (χ0v) is 19.5. The quantitative estimate of drug-likeness (QED) is 0.480. The van der Waals surface area contributed by atoms with Gasteiger partial charge in [-0.1, -0.05) is 29.8 Å². The van der Waals surface area contributed by atoms with Crippen molar-refractivity contribution in [2.75, 3.05) is 12.0 Å². The lowest BCUT2D eigenvalue weighted by Crippen LogP contribution is -2.45. The monoisotopic (exact) mass is 482 g/mol. The summed E-state index contributed by atoms with van der Waals surface area (Å²) < 4.78 is 46.8. The summed E-state index contributed by atoms with van der Waals surface area (Å²) >= 11 is 0. The number of amides is 2. The number of carbonyl (C=O) groups is 2. The number of ether oxygens (including phenoxy) is 1. The minimum absolute atomic E-state index is 0.125. The maximum Gasteiger partial charge on any atom is 0.252 e. The predicted molar refractivity (Wildman–Crippen MR) is 124 cm³/mol. The van der Waals surface area contributed by atoms with Gasteiger partial charge in [0.2, 0.25) is 15.9 Å². The Labute approximate surface area is 197 Å². The van der Waals surface area contributed by atoms with Crippen LogP contribution in [0.2, 0.25) is 0 Å². The molecule has 0 spiro atoms. The lowest BCUT2D eigenvalue weighted by atomic mass is 10.1. The van der Waals surface area contributed by atoms with Gasteiger partial charge in [-0.3, -0.25) is 9.59 Å². The Bertz CT molecular complexity index is 1310. The van der Waals surface area contributed by atoms with E-state index in [9.17, 15) is 22.4 Å². The van der Waals surface area contributed by atoms with Gasteiger partial charge in [-0.25, -0.2) is 17.7 Å². The highest BCUT2D eigenvalue weighted by molar-refractivity contribution is 7.89. The van der Waals surface area contributed by atoms with E-state index in [2.05, 4.69) is 0 Å². The molecular weight excluding hydrogens is 459 g/mol. The molecule has 3 aromatic carbocycles. The third-order valence-corrected chi connectivity index (χ3v) is 7.55. The Morgan fingerprint density at radius 2 is 1.59 bits per heavy atom. The van der Waals surface area contributed by atoms with Gasteiger partial charge in [0.25, 0.3) is 5.91 Å². The molecule has 1 aliphatic heterocycles. The molecule has 1 heterocycles. The molecule has 0 aliphatic carbocycles. The van der Waals surface area contributed by atoms with E-state index < -0.39 is 33.7 Å². The second kappa shape index (κ2) is 9.36. The van der Waals surface area contributed by atoms with Crippen LogP contribution in [-0.2, 0) is 26.2 Å². The summed E-state index contributed by atoms with van der Waals surface area (Å²) in [5.41, 5.74) is 1.97. The molecule has 176 valence electrons. The van der Waals surface area contributed by atoms with Crippen LogP contribution in [0.15, 0.2) is 77.7 Å². The molecular formula is C25H23FN2O5S. The zero-order chi connectivity index (χ0) is 24.5. The molecule has 1 unspecified atom stereocenters. The van der Waals surface area contributed by atoms with Crippen LogP contribution in [0.4, 0.5) is 10.1 Å². The van der Waals surface area contributed by atoms with Crippen molar-refractivity contribution in [2.24, 2.45) is 0 Å².